The van der Waals surface area contributed by atoms with Gasteiger partial charge in [-0.15, -0.1) is 0 Å². The van der Waals surface area contributed by atoms with E-state index in [2.05, 4.69) is 9.97 Å². The van der Waals surface area contributed by atoms with Crippen molar-refractivity contribution in [1.29, 1.82) is 0 Å². The molecule has 0 aliphatic heterocycles. The third-order valence-corrected chi connectivity index (χ3v) is 2.73. The molecule has 106 valence electrons. The van der Waals surface area contributed by atoms with Crippen LogP contribution in [0.4, 0.5) is 0 Å². The molecule has 0 aromatic carbocycles. The average molecular weight is 288 g/mol. The minimum Gasteiger partial charge on any atom is -0.456 e. The first-order valence-electron chi connectivity index (χ1n) is 5.48. The number of aromatic nitrogens is 2. The Morgan fingerprint density at radius 1 is 1.16 bits per heavy atom. The molecular formula is C11H16N2O5S. The molecule has 0 aliphatic rings. The molecule has 19 heavy (non-hydrogen) atoms. The van der Waals surface area contributed by atoms with E-state index in [9.17, 15) is 13.2 Å². The first kappa shape index (κ1) is 15.5. The first-order valence-corrected chi connectivity index (χ1v) is 6.92. The normalized spacial score (nSPS) is 12.3. The Morgan fingerprint density at radius 3 is 1.89 bits per heavy atom. The average Bonchev–Trinajstić information content (AvgIpc) is 2.11. The maximum atomic E-state index is 11.9. The topological polar surface area (TPSA) is 106 Å². The van der Waals surface area contributed by atoms with E-state index in [0.29, 0.717) is 0 Å². The molecule has 0 unspecified atom stereocenters. The van der Waals surface area contributed by atoms with Gasteiger partial charge in [0.2, 0.25) is 0 Å². The van der Waals surface area contributed by atoms with Gasteiger partial charge < -0.3 is 4.74 Å². The molecule has 0 amide bonds. The van der Waals surface area contributed by atoms with Gasteiger partial charge in [-0.3, -0.25) is 4.55 Å². The van der Waals surface area contributed by atoms with Gasteiger partial charge in [0.05, 0.1) is 11.4 Å². The fourth-order valence-corrected chi connectivity index (χ4v) is 1.93. The van der Waals surface area contributed by atoms with E-state index >= 15 is 0 Å². The van der Waals surface area contributed by atoms with Crippen molar-refractivity contribution < 1.29 is 22.5 Å². The van der Waals surface area contributed by atoms with Crippen LogP contribution in [0.5, 0.6) is 0 Å². The fourth-order valence-electron chi connectivity index (χ4n) is 1.43. The molecular weight excluding hydrogens is 272 g/mol. The number of aryl methyl sites for hydroxylation is 2. The van der Waals surface area contributed by atoms with Crippen LogP contribution >= 0.6 is 0 Å². The number of rotatable bonds is 2. The number of carbonyl (C=O) groups is 1. The minimum atomic E-state index is -4.50. The Balaban J connectivity index is 3.29. The lowest BCUT2D eigenvalue weighted by atomic mass is 10.1. The maximum Gasteiger partial charge on any atom is 0.342 e. The zero-order valence-corrected chi connectivity index (χ0v) is 12.2. The number of esters is 1. The Labute approximate surface area is 111 Å². The second-order valence-corrected chi connectivity index (χ2v) is 6.34. The van der Waals surface area contributed by atoms with E-state index < -0.39 is 26.8 Å². The predicted octanol–water partition coefficient (Wildman–Crippen LogP) is 1.30. The molecule has 1 aromatic rings. The molecule has 8 heteroatoms. The summed E-state index contributed by atoms with van der Waals surface area (Å²) in [5.41, 5.74) is -0.316. The number of nitrogens with zero attached hydrogens (tertiary/aromatic N) is 2. The standard InChI is InChI=1S/C11H16N2O5S/c1-6-8(9(14)18-11(3,4)5)7(2)13-10(12-6)19(15,16)17/h1-5H3,(H,15,16,17). The van der Waals surface area contributed by atoms with Crippen molar-refractivity contribution >= 4 is 16.1 Å². The highest BCUT2D eigenvalue weighted by atomic mass is 32.2. The van der Waals surface area contributed by atoms with Crippen molar-refractivity contribution in [2.75, 3.05) is 0 Å². The van der Waals surface area contributed by atoms with Gasteiger partial charge in [0.1, 0.15) is 11.2 Å². The summed E-state index contributed by atoms with van der Waals surface area (Å²) in [6.45, 7) is 8.03. The fraction of sp³-hybridized carbons (Fsp3) is 0.545. The van der Waals surface area contributed by atoms with Crippen LogP contribution in [0.15, 0.2) is 5.16 Å². The molecule has 1 heterocycles. The van der Waals surface area contributed by atoms with Crippen LogP contribution in [-0.4, -0.2) is 34.5 Å². The van der Waals surface area contributed by atoms with Gasteiger partial charge in [-0.2, -0.15) is 8.42 Å². The van der Waals surface area contributed by atoms with E-state index in [1.807, 2.05) is 0 Å². The van der Waals surface area contributed by atoms with E-state index in [1.54, 1.807) is 20.8 Å². The predicted molar refractivity (Wildman–Crippen MR) is 66.5 cm³/mol. The van der Waals surface area contributed by atoms with Crippen LogP contribution in [0.2, 0.25) is 0 Å². The summed E-state index contributed by atoms with van der Waals surface area (Å²) in [5, 5.41) is -0.727. The van der Waals surface area contributed by atoms with Gasteiger partial charge in [0.15, 0.2) is 0 Å². The van der Waals surface area contributed by atoms with Gasteiger partial charge in [-0.1, -0.05) is 0 Å². The second kappa shape index (κ2) is 4.86. The summed E-state index contributed by atoms with van der Waals surface area (Å²) >= 11 is 0. The quantitative estimate of drug-likeness (QED) is 0.496. The molecule has 7 nitrogen and oxygen atoms in total. The first-order chi connectivity index (χ1) is 8.42. The van der Waals surface area contributed by atoms with Crippen molar-refractivity contribution in [3.63, 3.8) is 0 Å². The summed E-state index contributed by atoms with van der Waals surface area (Å²) in [7, 11) is -4.50. The highest BCUT2D eigenvalue weighted by Crippen LogP contribution is 2.17. The lowest BCUT2D eigenvalue weighted by Gasteiger charge is -2.20. The molecule has 1 N–H and O–H groups in total. The van der Waals surface area contributed by atoms with Crippen molar-refractivity contribution in [3.05, 3.63) is 17.0 Å². The van der Waals surface area contributed by atoms with E-state index in [1.165, 1.54) is 13.8 Å². The SMILES string of the molecule is Cc1nc(S(=O)(=O)O)nc(C)c1C(=O)OC(C)(C)C. The highest BCUT2D eigenvalue weighted by molar-refractivity contribution is 7.85. The third kappa shape index (κ3) is 3.97. The second-order valence-electron chi connectivity index (χ2n) is 5.03. The zero-order valence-electron chi connectivity index (χ0n) is 11.4. The van der Waals surface area contributed by atoms with Crippen LogP contribution < -0.4 is 0 Å². The summed E-state index contributed by atoms with van der Waals surface area (Å²) in [6.07, 6.45) is 0. The maximum absolute atomic E-state index is 11.9. The minimum absolute atomic E-state index is 0.0994. The van der Waals surface area contributed by atoms with Crippen LogP contribution in [-0.2, 0) is 14.9 Å². The van der Waals surface area contributed by atoms with Gasteiger partial charge in [0.25, 0.3) is 5.16 Å². The zero-order chi connectivity index (χ0) is 15.0. The number of carbonyl (C=O) groups excluding carboxylic acids is 1. The number of hydrogen-bond acceptors (Lipinski definition) is 6. The Bertz CT molecular complexity index is 593. The monoisotopic (exact) mass is 288 g/mol. The highest BCUT2D eigenvalue weighted by Gasteiger charge is 2.25. The molecule has 0 fully saturated rings. The Kier molecular flexibility index (Phi) is 3.97. The molecule has 0 atom stereocenters. The molecule has 0 saturated carbocycles. The molecule has 0 aliphatic carbocycles. The van der Waals surface area contributed by atoms with Gasteiger partial charge in [-0.25, -0.2) is 14.8 Å². The smallest absolute Gasteiger partial charge is 0.342 e. The molecule has 0 radical (unpaired) electrons. The van der Waals surface area contributed by atoms with E-state index in [-0.39, 0.29) is 17.0 Å². The van der Waals surface area contributed by atoms with Gasteiger partial charge in [-0.05, 0) is 34.6 Å². The molecule has 0 spiro atoms. The van der Waals surface area contributed by atoms with Gasteiger partial charge >= 0.3 is 16.1 Å². The lowest BCUT2D eigenvalue weighted by Crippen LogP contribution is -2.26. The van der Waals surface area contributed by atoms with E-state index in [0.717, 1.165) is 0 Å². The van der Waals surface area contributed by atoms with E-state index in [4.69, 9.17) is 9.29 Å². The van der Waals surface area contributed by atoms with Crippen molar-refractivity contribution in [2.24, 2.45) is 0 Å². The summed E-state index contributed by atoms with van der Waals surface area (Å²) in [6, 6.07) is 0. The summed E-state index contributed by atoms with van der Waals surface area (Å²) < 4.78 is 36.0. The van der Waals surface area contributed by atoms with Crippen molar-refractivity contribution in [3.8, 4) is 0 Å². The number of ether oxygens (including phenoxy) is 1. The lowest BCUT2D eigenvalue weighted by molar-refractivity contribution is 0.00664. The van der Waals surface area contributed by atoms with Crippen molar-refractivity contribution in [2.45, 2.75) is 45.4 Å². The van der Waals surface area contributed by atoms with Crippen LogP contribution in [0, 0.1) is 13.8 Å². The Hall–Kier alpha value is -1.54. The van der Waals surface area contributed by atoms with Crippen LogP contribution in [0.25, 0.3) is 0 Å². The molecule has 0 saturated heterocycles. The largest absolute Gasteiger partial charge is 0.456 e. The van der Waals surface area contributed by atoms with Crippen LogP contribution in [0.3, 0.4) is 0 Å². The molecule has 1 aromatic heterocycles. The third-order valence-electron chi connectivity index (χ3n) is 2.08. The summed E-state index contributed by atoms with van der Waals surface area (Å²) in [4.78, 5) is 19.2. The Morgan fingerprint density at radius 2 is 1.58 bits per heavy atom. The number of hydrogen-bond donors (Lipinski definition) is 1. The van der Waals surface area contributed by atoms with Gasteiger partial charge in [0, 0.05) is 0 Å². The molecule has 0 bridgehead atoms. The molecule has 1 rings (SSSR count). The summed E-state index contributed by atoms with van der Waals surface area (Å²) in [5.74, 6) is -0.635. The van der Waals surface area contributed by atoms with Crippen LogP contribution in [0.1, 0.15) is 42.5 Å². The van der Waals surface area contributed by atoms with Crippen molar-refractivity contribution in [1.82, 2.24) is 9.97 Å².